The van der Waals surface area contributed by atoms with Crippen LogP contribution in [0.3, 0.4) is 0 Å². The Morgan fingerprint density at radius 2 is 1.63 bits per heavy atom. The van der Waals surface area contributed by atoms with Crippen LogP contribution in [0.25, 0.3) is 22.3 Å². The van der Waals surface area contributed by atoms with Crippen molar-refractivity contribution in [2.75, 3.05) is 60.2 Å². The van der Waals surface area contributed by atoms with Crippen LogP contribution in [-0.2, 0) is 89.8 Å². The summed E-state index contributed by atoms with van der Waals surface area (Å²) in [6, 6.07) is 12.6. The number of carboxylic acids is 1. The van der Waals surface area contributed by atoms with E-state index in [1.807, 2.05) is 45.0 Å². The zero-order valence-electron chi connectivity index (χ0n) is 44.6. The monoisotopic (exact) mass is 1100 g/mol. The summed E-state index contributed by atoms with van der Waals surface area (Å²) in [6.07, 6.45) is 7.94. The molecule has 4 aromatic rings. The van der Waals surface area contributed by atoms with Gasteiger partial charge in [-0.15, -0.1) is 0 Å². The lowest BCUT2D eigenvalue weighted by molar-refractivity contribution is -0.145. The Morgan fingerprint density at radius 3 is 2.24 bits per heavy atom. The van der Waals surface area contributed by atoms with Crippen molar-refractivity contribution in [2.24, 2.45) is 5.73 Å². The number of halogens is 1. The van der Waals surface area contributed by atoms with Crippen molar-refractivity contribution in [2.45, 2.75) is 84.0 Å². The summed E-state index contributed by atoms with van der Waals surface area (Å²) in [5.74, 6) is -4.79. The molecular formula is C54H67FN10O14. The number of methoxy groups -OCH3 is 1. The highest BCUT2D eigenvalue weighted by molar-refractivity contribution is 6.15. The van der Waals surface area contributed by atoms with Gasteiger partial charge >= 0.3 is 5.97 Å². The van der Waals surface area contributed by atoms with Gasteiger partial charge in [0.05, 0.1) is 56.2 Å². The molecule has 7 amide bonds. The first kappa shape index (κ1) is 63.1. The third-order valence-electron chi connectivity index (χ3n) is 12.5. The molecule has 0 bridgehead atoms. The number of likely N-dealkylation sites (N-methyl/N-ethyl adjacent to an activating group) is 1. The van der Waals surface area contributed by atoms with E-state index in [0.717, 1.165) is 66.3 Å². The third kappa shape index (κ3) is 17.8. The summed E-state index contributed by atoms with van der Waals surface area (Å²) < 4.78 is 26.3. The standard InChI is InChI=1S/C25H25FN2O3.C12H18N2O.C11H13N3O6.C6H11N3O4/c1-4-14(11-29)17-8-22-24-18(10-28(22)25(30)19(17)12-31-3)16-7-5-6-15-13(2)20(26)9-21(27-24)23(15)16;1-10(14-12(15)9-13-2)8-11-6-4-3-5-7-11;15-4-3-13-11(20)7(5-12-6-10(18)19)14-8(16)1-2-9(14)17;7-5(11)2-13-4-9-6(12)1-8-3-10/h8-9,11,14H,4-7,10,12H2,1-3H3;3-7,10,13H,8-9H2,1-2H3,(H,14,15);1-2,4,7,12H,3,5-6H2,(H,13,20)(H,18,19);3H,1-2,4H2,(H2,7,11)(H,8,10)(H,9,12)/t14-;10-;;/m01../s1. The normalized spacial score (nSPS) is 13.6. The predicted octanol–water partition coefficient (Wildman–Crippen LogP) is -0.269. The molecular weight excluding hydrogens is 1030 g/mol. The Kier molecular flexibility index (Phi) is 25.4. The highest BCUT2D eigenvalue weighted by Gasteiger charge is 2.36. The molecule has 3 atom stereocenters. The third-order valence-corrected chi connectivity index (χ3v) is 12.5. The fourth-order valence-electron chi connectivity index (χ4n) is 8.92. The van der Waals surface area contributed by atoms with Crippen molar-refractivity contribution >= 4 is 71.3 Å². The minimum atomic E-state index is -1.22. The van der Waals surface area contributed by atoms with Gasteiger partial charge in [-0.25, -0.2) is 9.37 Å². The van der Waals surface area contributed by atoms with Crippen molar-refractivity contribution < 1.29 is 66.9 Å². The van der Waals surface area contributed by atoms with Crippen LogP contribution in [0.2, 0.25) is 0 Å². The fourth-order valence-corrected chi connectivity index (χ4v) is 8.92. The number of ether oxygens (including phenoxy) is 2. The first-order chi connectivity index (χ1) is 37.8. The number of amides is 7. The molecule has 0 saturated heterocycles. The van der Waals surface area contributed by atoms with Crippen molar-refractivity contribution in [3.63, 3.8) is 0 Å². The van der Waals surface area contributed by atoms with E-state index in [2.05, 4.69) is 48.8 Å². The number of aldehydes is 2. The molecule has 424 valence electrons. The average molecular weight is 1100 g/mol. The Balaban J connectivity index is 0.000000243. The second kappa shape index (κ2) is 31.7. The van der Waals surface area contributed by atoms with E-state index in [1.165, 1.54) is 17.2 Å². The number of nitrogens with zero attached hydrogens (tertiary/aromatic N) is 3. The van der Waals surface area contributed by atoms with E-state index in [9.17, 15) is 57.1 Å². The number of carbonyl (C=O) groups excluding carboxylic acids is 9. The number of primary amides is 1. The molecule has 0 spiro atoms. The number of nitrogens with one attached hydrogen (secondary N) is 6. The summed E-state index contributed by atoms with van der Waals surface area (Å²) in [5, 5.41) is 24.4. The van der Waals surface area contributed by atoms with E-state index < -0.39 is 48.1 Å². The summed E-state index contributed by atoms with van der Waals surface area (Å²) in [5.41, 5.74) is 13.2. The number of benzene rings is 2. The van der Waals surface area contributed by atoms with Crippen LogP contribution in [0, 0.1) is 12.7 Å². The van der Waals surface area contributed by atoms with E-state index in [0.29, 0.717) is 65.0 Å². The van der Waals surface area contributed by atoms with Gasteiger partial charge in [-0.1, -0.05) is 37.3 Å². The van der Waals surface area contributed by atoms with Gasteiger partial charge in [-0.2, -0.15) is 0 Å². The van der Waals surface area contributed by atoms with Crippen molar-refractivity contribution in [1.29, 1.82) is 0 Å². The summed E-state index contributed by atoms with van der Waals surface area (Å²) in [4.78, 5) is 128. The second-order valence-corrected chi connectivity index (χ2v) is 18.1. The Labute approximate surface area is 454 Å². The summed E-state index contributed by atoms with van der Waals surface area (Å²) in [7, 11) is 3.32. The quantitative estimate of drug-likeness (QED) is 0.0161. The molecule has 1 aliphatic carbocycles. The van der Waals surface area contributed by atoms with Gasteiger partial charge in [0.25, 0.3) is 17.4 Å². The number of carbonyl (C=O) groups is 10. The topological polar surface area (TPSA) is 346 Å². The van der Waals surface area contributed by atoms with Crippen LogP contribution in [0.1, 0.15) is 71.6 Å². The van der Waals surface area contributed by atoms with E-state index >= 15 is 0 Å². The number of aromatic nitrogens is 2. The van der Waals surface area contributed by atoms with Gasteiger partial charge in [0.15, 0.2) is 0 Å². The molecule has 24 nitrogen and oxygen atoms in total. The van der Waals surface area contributed by atoms with Gasteiger partial charge < -0.3 is 66.4 Å². The number of aryl methyl sites for hydroxylation is 2. The smallest absolute Gasteiger partial charge is 0.317 e. The minimum Gasteiger partial charge on any atom is -0.480 e. The maximum absolute atomic E-state index is 14.6. The Hall–Kier alpha value is -8.39. The highest BCUT2D eigenvalue weighted by Crippen LogP contribution is 2.41. The lowest BCUT2D eigenvalue weighted by Crippen LogP contribution is -2.54. The molecule has 7 rings (SSSR count). The van der Waals surface area contributed by atoms with Crippen LogP contribution in [-0.4, -0.2) is 152 Å². The first-order valence-electron chi connectivity index (χ1n) is 25.2. The number of nitrogens with two attached hydrogens (primary N) is 1. The number of fused-ring (bicyclic) bond motifs is 4. The number of pyridine rings is 2. The summed E-state index contributed by atoms with van der Waals surface area (Å²) in [6.45, 7) is 5.36. The second-order valence-electron chi connectivity index (χ2n) is 18.1. The van der Waals surface area contributed by atoms with E-state index in [-0.39, 0.29) is 68.8 Å². The fraction of sp³-hybridized carbons (Fsp3) is 0.407. The number of hydrogen-bond donors (Lipinski definition) is 8. The molecule has 79 heavy (non-hydrogen) atoms. The van der Waals surface area contributed by atoms with Gasteiger partial charge in [0.2, 0.25) is 30.0 Å². The minimum absolute atomic E-state index is 0.0425. The molecule has 9 N–H and O–H groups in total. The molecule has 4 heterocycles. The van der Waals surface area contributed by atoms with Gasteiger partial charge in [0, 0.05) is 60.3 Å². The molecule has 25 heteroatoms. The number of imide groups is 1. The van der Waals surface area contributed by atoms with Crippen molar-refractivity contribution in [3.05, 3.63) is 110 Å². The largest absolute Gasteiger partial charge is 0.480 e. The molecule has 0 fully saturated rings. The molecule has 3 aliphatic rings. The molecule has 2 aromatic carbocycles. The number of aliphatic carboxylic acids is 1. The molecule has 2 aliphatic heterocycles. The van der Waals surface area contributed by atoms with E-state index in [4.69, 9.17) is 20.6 Å². The van der Waals surface area contributed by atoms with Crippen LogP contribution in [0.4, 0.5) is 4.39 Å². The summed E-state index contributed by atoms with van der Waals surface area (Å²) >= 11 is 0. The zero-order valence-corrected chi connectivity index (χ0v) is 44.6. The molecule has 1 unspecified atom stereocenters. The maximum atomic E-state index is 14.6. The number of hydrogen-bond acceptors (Lipinski definition) is 16. The van der Waals surface area contributed by atoms with Crippen LogP contribution < -0.4 is 43.2 Å². The van der Waals surface area contributed by atoms with Crippen molar-refractivity contribution in [1.82, 2.24) is 46.4 Å². The van der Waals surface area contributed by atoms with Gasteiger partial charge in [-0.05, 0) is 86.9 Å². The number of carboxylic acid groups (broad SMARTS) is 1. The lowest BCUT2D eigenvalue weighted by Gasteiger charge is -2.25. The van der Waals surface area contributed by atoms with Crippen LogP contribution in [0.15, 0.2) is 59.4 Å². The van der Waals surface area contributed by atoms with Crippen molar-refractivity contribution in [3.8, 4) is 11.4 Å². The van der Waals surface area contributed by atoms with E-state index in [1.54, 1.807) is 18.7 Å². The maximum Gasteiger partial charge on any atom is 0.317 e. The Bertz CT molecular complexity index is 2950. The predicted molar refractivity (Wildman–Crippen MR) is 285 cm³/mol. The average Bonchev–Trinajstić information content (AvgIpc) is 4.21. The van der Waals surface area contributed by atoms with Gasteiger partial charge in [-0.3, -0.25) is 48.1 Å². The number of rotatable bonds is 25. The molecule has 0 saturated carbocycles. The lowest BCUT2D eigenvalue weighted by atomic mass is 9.85. The first-order valence-corrected chi connectivity index (χ1v) is 25.2. The Morgan fingerprint density at radius 1 is 0.937 bits per heavy atom. The molecule has 2 aromatic heterocycles. The SMILES string of the molecule is CC[C@@H](C=O)c1cc2n(c(=O)c1COC)Cc1c-2nc2cc(F)c(C)c3c2c1CCC3.CNCC(=O)N[C@H](C)Cc1ccccc1.NC(=O)COCNC(=O)CNC=O.O=CCNC(=O)C(CNCC(=O)O)N1C(=O)C=CC1=O. The highest BCUT2D eigenvalue weighted by atomic mass is 19.1. The molecule has 0 radical (unpaired) electrons. The van der Waals surface area contributed by atoms with Crippen LogP contribution in [0.5, 0.6) is 0 Å². The van der Waals surface area contributed by atoms with Crippen LogP contribution >= 0.6 is 0 Å². The zero-order chi connectivity index (χ0) is 58.2. The van der Waals surface area contributed by atoms with Gasteiger partial charge in [0.1, 0.15) is 37.8 Å².